The number of ether oxygens (including phenoxy) is 1. The van der Waals surface area contributed by atoms with Gasteiger partial charge in [0.2, 0.25) is 0 Å². The quantitative estimate of drug-likeness (QED) is 0.640. The molecule has 0 amide bonds. The van der Waals surface area contributed by atoms with E-state index in [1.165, 1.54) is 0 Å². The van der Waals surface area contributed by atoms with Gasteiger partial charge in [-0.2, -0.15) is 5.26 Å². The third kappa shape index (κ3) is 3.23. The highest BCUT2D eigenvalue weighted by Gasteiger charge is 2.10. The minimum absolute atomic E-state index is 0.502. The van der Waals surface area contributed by atoms with Crippen molar-refractivity contribution in [1.29, 1.82) is 5.26 Å². The lowest BCUT2D eigenvalue weighted by atomic mass is 10.2. The number of anilines is 3. The first-order valence-electron chi connectivity index (χ1n) is 5.30. The lowest BCUT2D eigenvalue weighted by Gasteiger charge is -2.12. The number of pyridine rings is 1. The maximum absolute atomic E-state index is 9.13. The van der Waals surface area contributed by atoms with Gasteiger partial charge >= 0.3 is 0 Å². The van der Waals surface area contributed by atoms with Gasteiger partial charge in [-0.25, -0.2) is 4.98 Å². The molecular formula is C11H17N5O. The minimum atomic E-state index is 0.502. The summed E-state index contributed by atoms with van der Waals surface area (Å²) in [5, 5.41) is 18.1. The summed E-state index contributed by atoms with van der Waals surface area (Å²) in [6.07, 6.45) is 0. The Morgan fingerprint density at radius 2 is 2.18 bits per heavy atom. The summed E-state index contributed by atoms with van der Waals surface area (Å²) in [4.78, 5) is 4.30. The topological polar surface area (TPSA) is 82.0 Å². The van der Waals surface area contributed by atoms with Gasteiger partial charge in [0.25, 0.3) is 0 Å². The molecule has 0 aromatic carbocycles. The lowest BCUT2D eigenvalue weighted by molar-refractivity contribution is 0.210. The predicted octanol–water partition coefficient (Wildman–Crippen LogP) is 1.09. The zero-order valence-corrected chi connectivity index (χ0v) is 10.3. The summed E-state index contributed by atoms with van der Waals surface area (Å²) in [6, 6.07) is 3.93. The minimum Gasteiger partial charge on any atom is -0.387 e. The summed E-state index contributed by atoms with van der Waals surface area (Å²) in [6.45, 7) is 1.17. The largest absolute Gasteiger partial charge is 0.387 e. The fourth-order valence-electron chi connectivity index (χ4n) is 1.38. The van der Waals surface area contributed by atoms with Gasteiger partial charge < -0.3 is 20.7 Å². The van der Waals surface area contributed by atoms with E-state index >= 15 is 0 Å². The van der Waals surface area contributed by atoms with Crippen molar-refractivity contribution in [2.75, 3.05) is 50.3 Å². The highest BCUT2D eigenvalue weighted by atomic mass is 16.5. The van der Waals surface area contributed by atoms with Crippen molar-refractivity contribution in [1.82, 2.24) is 4.98 Å². The SMILES string of the molecule is CNc1cc(NC)c(C#N)c(NCCOC)n1. The van der Waals surface area contributed by atoms with Crippen LogP contribution in [0.15, 0.2) is 6.07 Å². The first kappa shape index (κ1) is 13.1. The van der Waals surface area contributed by atoms with E-state index in [-0.39, 0.29) is 0 Å². The monoisotopic (exact) mass is 235 g/mol. The number of hydrogen-bond acceptors (Lipinski definition) is 6. The third-order valence-corrected chi connectivity index (χ3v) is 2.26. The predicted molar refractivity (Wildman–Crippen MR) is 68.4 cm³/mol. The van der Waals surface area contributed by atoms with E-state index in [0.29, 0.717) is 30.4 Å². The van der Waals surface area contributed by atoms with Crippen LogP contribution in [-0.4, -0.2) is 39.3 Å². The van der Waals surface area contributed by atoms with E-state index in [4.69, 9.17) is 10.00 Å². The Balaban J connectivity index is 3.03. The number of rotatable bonds is 6. The standard InChI is InChI=1S/C11H17N5O/c1-13-9-6-10(14-2)16-11(8(9)7-12)15-4-5-17-3/h6H,4-5H2,1-3H3,(H3,13,14,15,16). The van der Waals surface area contributed by atoms with Crippen LogP contribution in [0.2, 0.25) is 0 Å². The number of aromatic nitrogens is 1. The Kier molecular flexibility index (Phi) is 5.04. The highest BCUT2D eigenvalue weighted by molar-refractivity contribution is 5.71. The number of hydrogen-bond donors (Lipinski definition) is 3. The van der Waals surface area contributed by atoms with E-state index in [1.807, 2.05) is 0 Å². The maximum Gasteiger partial charge on any atom is 0.148 e. The van der Waals surface area contributed by atoms with Crippen molar-refractivity contribution in [3.8, 4) is 6.07 Å². The van der Waals surface area contributed by atoms with Crippen LogP contribution in [0.5, 0.6) is 0 Å². The van der Waals surface area contributed by atoms with Crippen molar-refractivity contribution in [3.05, 3.63) is 11.6 Å². The number of nitrogens with one attached hydrogen (secondary N) is 3. The van der Waals surface area contributed by atoms with Crippen LogP contribution in [0.4, 0.5) is 17.3 Å². The molecule has 17 heavy (non-hydrogen) atoms. The van der Waals surface area contributed by atoms with Crippen molar-refractivity contribution >= 4 is 17.3 Å². The molecule has 3 N–H and O–H groups in total. The summed E-state index contributed by atoms with van der Waals surface area (Å²) in [7, 11) is 5.19. The second kappa shape index (κ2) is 6.55. The molecule has 1 rings (SSSR count). The Hall–Kier alpha value is -2.00. The van der Waals surface area contributed by atoms with Crippen LogP contribution in [0.3, 0.4) is 0 Å². The smallest absolute Gasteiger partial charge is 0.148 e. The molecule has 92 valence electrons. The first-order chi connectivity index (χ1) is 8.26. The summed E-state index contributed by atoms with van der Waals surface area (Å²) >= 11 is 0. The Labute approximate surface area is 101 Å². The number of nitriles is 1. The molecule has 0 spiro atoms. The number of methoxy groups -OCH3 is 1. The van der Waals surface area contributed by atoms with Gasteiger partial charge in [0, 0.05) is 33.8 Å². The second-order valence-electron chi connectivity index (χ2n) is 3.31. The molecule has 1 aromatic rings. The van der Waals surface area contributed by atoms with Crippen LogP contribution in [-0.2, 0) is 4.74 Å². The molecule has 0 atom stereocenters. The molecule has 0 unspecified atom stereocenters. The van der Waals surface area contributed by atoms with E-state index in [2.05, 4.69) is 27.0 Å². The molecule has 0 aliphatic rings. The van der Waals surface area contributed by atoms with Gasteiger partial charge in [0.05, 0.1) is 12.3 Å². The highest BCUT2D eigenvalue weighted by Crippen LogP contribution is 2.24. The van der Waals surface area contributed by atoms with E-state index < -0.39 is 0 Å². The molecule has 0 aliphatic carbocycles. The molecule has 0 bridgehead atoms. The van der Waals surface area contributed by atoms with Crippen molar-refractivity contribution in [2.24, 2.45) is 0 Å². The van der Waals surface area contributed by atoms with Crippen LogP contribution >= 0.6 is 0 Å². The first-order valence-corrected chi connectivity index (χ1v) is 5.30. The third-order valence-electron chi connectivity index (χ3n) is 2.26. The summed E-state index contributed by atoms with van der Waals surface area (Å²) in [5.74, 6) is 1.26. The van der Waals surface area contributed by atoms with Gasteiger partial charge in [-0.05, 0) is 0 Å². The zero-order valence-electron chi connectivity index (χ0n) is 10.3. The molecular weight excluding hydrogens is 218 g/mol. The molecule has 0 aliphatic heterocycles. The van der Waals surface area contributed by atoms with Gasteiger partial charge in [0.1, 0.15) is 23.3 Å². The Bertz CT molecular complexity index is 413. The van der Waals surface area contributed by atoms with E-state index in [1.54, 1.807) is 27.3 Å². The maximum atomic E-state index is 9.13. The molecule has 0 saturated heterocycles. The molecule has 6 nitrogen and oxygen atoms in total. The lowest BCUT2D eigenvalue weighted by Crippen LogP contribution is -2.12. The van der Waals surface area contributed by atoms with Crippen molar-refractivity contribution in [2.45, 2.75) is 0 Å². The summed E-state index contributed by atoms with van der Waals surface area (Å²) in [5.41, 5.74) is 1.24. The van der Waals surface area contributed by atoms with Crippen LogP contribution < -0.4 is 16.0 Å². The Morgan fingerprint density at radius 3 is 2.71 bits per heavy atom. The molecule has 0 saturated carbocycles. The summed E-state index contributed by atoms with van der Waals surface area (Å²) < 4.78 is 4.95. The van der Waals surface area contributed by atoms with Crippen LogP contribution in [0, 0.1) is 11.3 Å². The second-order valence-corrected chi connectivity index (χ2v) is 3.31. The van der Waals surface area contributed by atoms with Crippen LogP contribution in [0.25, 0.3) is 0 Å². The molecule has 0 fully saturated rings. The van der Waals surface area contributed by atoms with Crippen molar-refractivity contribution in [3.63, 3.8) is 0 Å². The van der Waals surface area contributed by atoms with Gasteiger partial charge in [-0.3, -0.25) is 0 Å². The van der Waals surface area contributed by atoms with E-state index in [0.717, 1.165) is 5.69 Å². The molecule has 6 heteroatoms. The van der Waals surface area contributed by atoms with Crippen molar-refractivity contribution < 1.29 is 4.74 Å². The Morgan fingerprint density at radius 1 is 1.41 bits per heavy atom. The van der Waals surface area contributed by atoms with Gasteiger partial charge in [-0.15, -0.1) is 0 Å². The zero-order chi connectivity index (χ0) is 12.7. The molecule has 1 heterocycles. The van der Waals surface area contributed by atoms with Gasteiger partial charge in [-0.1, -0.05) is 0 Å². The molecule has 1 aromatic heterocycles. The normalized spacial score (nSPS) is 9.53. The van der Waals surface area contributed by atoms with Gasteiger partial charge in [0.15, 0.2) is 0 Å². The molecule has 0 radical (unpaired) electrons. The van der Waals surface area contributed by atoms with E-state index in [9.17, 15) is 0 Å². The average Bonchev–Trinajstić information content (AvgIpc) is 2.37. The fourth-order valence-corrected chi connectivity index (χ4v) is 1.38. The number of nitrogens with zero attached hydrogens (tertiary/aromatic N) is 2. The average molecular weight is 235 g/mol. The fraction of sp³-hybridized carbons (Fsp3) is 0.455. The van der Waals surface area contributed by atoms with Crippen LogP contribution in [0.1, 0.15) is 5.56 Å².